The fourth-order valence-electron chi connectivity index (χ4n) is 13.1. The lowest BCUT2D eigenvalue weighted by Crippen LogP contribution is -2.61. The molecule has 9 aliphatic heterocycles. The first kappa shape index (κ1) is 61.3. The summed E-state index contributed by atoms with van der Waals surface area (Å²) in [5.74, 6) is -1.85. The molecule has 9 heterocycles. The van der Waals surface area contributed by atoms with Gasteiger partial charge in [0, 0.05) is 58.0 Å². The lowest BCUT2D eigenvalue weighted by molar-refractivity contribution is -0.292. The van der Waals surface area contributed by atoms with E-state index in [0.29, 0.717) is 75.5 Å². The largest absolute Gasteiger partial charge is 0.458 e. The number of Topliss-reactive ketones (excluding diaryl/α,β-unsaturated/α-hetero) is 1. The van der Waals surface area contributed by atoms with Crippen LogP contribution in [-0.4, -0.2) is 160 Å². The Hall–Kier alpha value is -2.22. The zero-order chi connectivity index (χ0) is 57.2. The summed E-state index contributed by atoms with van der Waals surface area (Å²) < 4.78 is 108. The van der Waals surface area contributed by atoms with Gasteiger partial charge in [0.1, 0.15) is 42.4 Å². The van der Waals surface area contributed by atoms with Crippen molar-refractivity contribution in [1.29, 1.82) is 0 Å². The molecule has 9 aliphatic rings. The number of hydrogen-bond acceptors (Lipinski definition) is 16. The second-order valence-electron chi connectivity index (χ2n) is 27.5. The number of ketones is 1. The number of carbonyl (C=O) groups excluding carboxylic acids is 2. The average molecular weight is 1160 g/mol. The summed E-state index contributed by atoms with van der Waals surface area (Å²) in [4.78, 5) is 28.7. The Kier molecular flexibility index (Phi) is 18.4. The maximum absolute atomic E-state index is 14.9. The van der Waals surface area contributed by atoms with E-state index in [-0.39, 0.29) is 90.0 Å². The first-order chi connectivity index (χ1) is 36.9. The Labute approximate surface area is 473 Å². The molecule has 0 aromatic heterocycles. The van der Waals surface area contributed by atoms with Gasteiger partial charge in [0.15, 0.2) is 22.4 Å². The van der Waals surface area contributed by atoms with Gasteiger partial charge in [-0.25, -0.2) is 4.79 Å². The average Bonchev–Trinajstić information content (AvgIpc) is 4.12. The van der Waals surface area contributed by atoms with E-state index in [2.05, 4.69) is 87.8 Å². The van der Waals surface area contributed by atoms with Crippen molar-refractivity contribution in [3.63, 3.8) is 0 Å². The second kappa shape index (κ2) is 23.7. The zero-order valence-electron chi connectivity index (χ0n) is 49.5. The highest BCUT2D eigenvalue weighted by Gasteiger charge is 2.69. The number of carbonyl (C=O) groups is 2. The van der Waals surface area contributed by atoms with E-state index in [1.54, 1.807) is 31.4 Å². The number of hydrogen-bond donors (Lipinski definition) is 0. The molecule has 13 unspecified atom stereocenters. The van der Waals surface area contributed by atoms with Gasteiger partial charge in [-0.2, -0.15) is 8.42 Å². The van der Waals surface area contributed by atoms with E-state index in [1.165, 1.54) is 0 Å². The first-order valence-corrected chi connectivity index (χ1v) is 37.0. The third-order valence-electron chi connectivity index (χ3n) is 19.6. The molecular weight excluding hydrogens is 1060 g/mol. The van der Waals surface area contributed by atoms with Crippen molar-refractivity contribution < 1.29 is 73.7 Å². The molecule has 0 N–H and O–H groups in total. The van der Waals surface area contributed by atoms with Gasteiger partial charge >= 0.3 is 5.97 Å². The fourth-order valence-corrected chi connectivity index (χ4v) is 16.2. The molecular formula is C60H94O16SSi2. The maximum Gasteiger partial charge on any atom is 0.338 e. The lowest BCUT2D eigenvalue weighted by atomic mass is 9.81. The van der Waals surface area contributed by atoms with Gasteiger partial charge in [0.25, 0.3) is 10.1 Å². The van der Waals surface area contributed by atoms with Crippen LogP contribution in [-0.2, 0) is 70.6 Å². The van der Waals surface area contributed by atoms with Crippen molar-refractivity contribution in [3.05, 3.63) is 60.2 Å². The fraction of sp³-hybridized carbons (Fsp3) is 0.800. The van der Waals surface area contributed by atoms with Gasteiger partial charge in [-0.3, -0.25) is 8.98 Å². The van der Waals surface area contributed by atoms with Gasteiger partial charge < -0.3 is 51.5 Å². The van der Waals surface area contributed by atoms with Crippen molar-refractivity contribution in [2.45, 2.75) is 272 Å². The maximum atomic E-state index is 14.9. The minimum atomic E-state index is -3.97. The standard InChI is InChI=1S/C60H94O16SSi2/c1-35-27-40-21-23-45(75-77(11,63)64)36(2)28-42(69-57(62)38-19-17-16-18-20-38)25-26-60-33-50-53(73-60)54-55(72-50)56(74-60)52-46(71-54)24-22-41(68-52)29-39(61)30-44-48(32-47(67-40)37(35)3)70-49(51(44)65-10)31-43(76-79(14,15)59(7,8)9)34-66-78(12,13)58(4,5)6/h16-20,35,40-56H,2-3,21-34H2,1,4-15H3/t35?,40?,41?,42-,43?,44?,45?,46?,47?,48?,49+,50?,51+,52-,53?,54-,55?,56?,60-/m0/s1. The Morgan fingerprint density at radius 2 is 1.44 bits per heavy atom. The first-order valence-electron chi connectivity index (χ1n) is 29.4. The molecule has 10 bridgehead atoms. The Balaban J connectivity index is 1.03. The summed E-state index contributed by atoms with van der Waals surface area (Å²) in [6.45, 7) is 34.1. The van der Waals surface area contributed by atoms with Crippen LogP contribution in [0.1, 0.15) is 142 Å². The van der Waals surface area contributed by atoms with Gasteiger partial charge in [-0.1, -0.05) is 79.8 Å². The molecule has 19 atom stereocenters. The molecule has 9 fully saturated rings. The van der Waals surface area contributed by atoms with E-state index in [0.717, 1.165) is 11.8 Å². The molecule has 19 heteroatoms. The molecule has 10 rings (SSSR count). The Morgan fingerprint density at radius 1 is 0.772 bits per heavy atom. The van der Waals surface area contributed by atoms with Crippen molar-refractivity contribution in [2.75, 3.05) is 20.0 Å². The topological polar surface area (TPSA) is 179 Å². The Bertz CT molecular complexity index is 2460. The van der Waals surface area contributed by atoms with Crippen LogP contribution in [0.5, 0.6) is 0 Å². The van der Waals surface area contributed by atoms with Crippen molar-refractivity contribution in [3.8, 4) is 0 Å². The van der Waals surface area contributed by atoms with Crippen molar-refractivity contribution in [1.82, 2.24) is 0 Å². The normalized spacial score (nSPS) is 39.2. The van der Waals surface area contributed by atoms with E-state index in [1.807, 2.05) is 6.07 Å². The quantitative estimate of drug-likeness (QED) is 0.0834. The summed E-state index contributed by atoms with van der Waals surface area (Å²) in [5, 5.41) is -0.0604. The predicted octanol–water partition coefficient (Wildman–Crippen LogP) is 10.3. The number of esters is 1. The van der Waals surface area contributed by atoms with Gasteiger partial charge in [-0.05, 0) is 104 Å². The SMILES string of the molecule is C=C1C[C@@H](OC(=O)c2ccccc2)CC[C@@]23CC4OC5C(O2)[C@H]2OC(CCC2O[C@H]5C4O3)CC(=O)CC2C(CC3OC(CCC1OS(C)(=O)=O)CC(C)C3=C)O[C@H](CC(CO[Si](C)(C)C(C)(C)C)O[Si](C)(C)C(C)(C)C)[C@@H]2OC. The van der Waals surface area contributed by atoms with Crippen LogP contribution in [0.2, 0.25) is 36.3 Å². The summed E-state index contributed by atoms with van der Waals surface area (Å²) in [6, 6.07) is 8.78. The number of benzene rings is 1. The number of fused-ring (bicyclic) bond motifs is 4. The molecule has 16 nitrogen and oxygen atoms in total. The molecule has 0 aliphatic carbocycles. The van der Waals surface area contributed by atoms with E-state index in [4.69, 9.17) is 55.7 Å². The number of methoxy groups -OCH3 is 1. The molecule has 9 saturated heterocycles. The van der Waals surface area contributed by atoms with E-state index < -0.39 is 99.5 Å². The van der Waals surface area contributed by atoms with Gasteiger partial charge in [-0.15, -0.1) is 0 Å². The predicted molar refractivity (Wildman–Crippen MR) is 303 cm³/mol. The number of ether oxygens (including phenoxy) is 9. The van der Waals surface area contributed by atoms with Crippen molar-refractivity contribution in [2.24, 2.45) is 11.8 Å². The highest BCUT2D eigenvalue weighted by Crippen LogP contribution is 2.54. The smallest absolute Gasteiger partial charge is 0.338 e. The minimum Gasteiger partial charge on any atom is -0.458 e. The van der Waals surface area contributed by atoms with E-state index >= 15 is 0 Å². The van der Waals surface area contributed by atoms with E-state index in [9.17, 15) is 18.0 Å². The lowest BCUT2D eigenvalue weighted by Gasteiger charge is -2.47. The summed E-state index contributed by atoms with van der Waals surface area (Å²) in [5.41, 5.74) is 1.79. The van der Waals surface area contributed by atoms with Crippen LogP contribution in [0.25, 0.3) is 0 Å². The van der Waals surface area contributed by atoms with Crippen molar-refractivity contribution >= 4 is 38.5 Å². The second-order valence-corrected chi connectivity index (χ2v) is 38.7. The molecule has 0 radical (unpaired) electrons. The zero-order valence-corrected chi connectivity index (χ0v) is 52.3. The van der Waals surface area contributed by atoms with Crippen LogP contribution < -0.4 is 0 Å². The van der Waals surface area contributed by atoms with Crippen LogP contribution in [0.4, 0.5) is 0 Å². The van der Waals surface area contributed by atoms with Crippen LogP contribution in [0.15, 0.2) is 54.6 Å². The minimum absolute atomic E-state index is 0.00416. The summed E-state index contributed by atoms with van der Waals surface area (Å²) >= 11 is 0. The molecule has 444 valence electrons. The third-order valence-corrected chi connectivity index (χ3v) is 29.2. The highest BCUT2D eigenvalue weighted by atomic mass is 32.2. The molecule has 0 saturated carbocycles. The van der Waals surface area contributed by atoms with Crippen LogP contribution in [0.3, 0.4) is 0 Å². The summed E-state index contributed by atoms with van der Waals surface area (Å²) in [6.07, 6.45) is -0.958. The molecule has 1 spiro atoms. The van der Waals surface area contributed by atoms with Gasteiger partial charge in [0.2, 0.25) is 0 Å². The van der Waals surface area contributed by atoms with Gasteiger partial charge in [0.05, 0.1) is 79.5 Å². The van der Waals surface area contributed by atoms with Crippen LogP contribution in [0, 0.1) is 11.8 Å². The Morgan fingerprint density at radius 3 is 2.13 bits per heavy atom. The van der Waals surface area contributed by atoms with Crippen LogP contribution >= 0.6 is 0 Å². The summed E-state index contributed by atoms with van der Waals surface area (Å²) in [7, 11) is -6.76. The highest BCUT2D eigenvalue weighted by molar-refractivity contribution is 7.86. The monoisotopic (exact) mass is 1160 g/mol. The molecule has 1 aromatic rings. The third kappa shape index (κ3) is 13.8. The molecule has 79 heavy (non-hydrogen) atoms. The number of rotatable bonds is 12. The molecule has 0 amide bonds. The molecule has 1 aromatic carbocycles.